The molecule has 4 rings (SSSR count). The minimum absolute atomic E-state index is 0.00811. The highest BCUT2D eigenvalue weighted by molar-refractivity contribution is 6.06. The van der Waals surface area contributed by atoms with Crippen LogP contribution in [0, 0.1) is 0 Å². The smallest absolute Gasteiger partial charge is 0.407 e. The number of rotatable bonds is 6. The van der Waals surface area contributed by atoms with Crippen molar-refractivity contribution in [3.05, 3.63) is 41.6 Å². The van der Waals surface area contributed by atoms with E-state index >= 15 is 0 Å². The molecule has 1 aliphatic heterocycles. The SMILES string of the molecule is CC(C)Nc1nccc(N(C(=O)c2ccc3c(c2)CCO3)C2CCC(NC(=O)OC(C)(C)C)CC2)n1. The quantitative estimate of drug-likeness (QED) is 0.598. The van der Waals surface area contributed by atoms with Crippen LogP contribution in [0.1, 0.15) is 76.2 Å². The fourth-order valence-corrected chi connectivity index (χ4v) is 4.68. The van der Waals surface area contributed by atoms with Gasteiger partial charge in [-0.15, -0.1) is 0 Å². The van der Waals surface area contributed by atoms with E-state index in [1.807, 2.05) is 52.8 Å². The van der Waals surface area contributed by atoms with Crippen molar-refractivity contribution in [2.24, 2.45) is 0 Å². The molecule has 0 unspecified atom stereocenters. The summed E-state index contributed by atoms with van der Waals surface area (Å²) < 4.78 is 11.0. The van der Waals surface area contributed by atoms with Crippen LogP contribution >= 0.6 is 0 Å². The summed E-state index contributed by atoms with van der Waals surface area (Å²) in [4.78, 5) is 37.0. The fourth-order valence-electron chi connectivity index (χ4n) is 4.68. The van der Waals surface area contributed by atoms with Gasteiger partial charge in [-0.3, -0.25) is 9.69 Å². The van der Waals surface area contributed by atoms with Gasteiger partial charge in [0.25, 0.3) is 5.91 Å². The van der Waals surface area contributed by atoms with Crippen LogP contribution in [0.4, 0.5) is 16.6 Å². The second-order valence-corrected chi connectivity index (χ2v) is 10.8. The fraction of sp³-hybridized carbons (Fsp3) is 0.556. The van der Waals surface area contributed by atoms with Crippen molar-refractivity contribution in [2.75, 3.05) is 16.8 Å². The molecule has 2 N–H and O–H groups in total. The normalized spacial score (nSPS) is 19.3. The second-order valence-electron chi connectivity index (χ2n) is 10.8. The first kappa shape index (κ1) is 25.7. The highest BCUT2D eigenvalue weighted by Gasteiger charge is 2.33. The number of carbonyl (C=O) groups excluding carboxylic acids is 2. The van der Waals surface area contributed by atoms with Gasteiger partial charge in [0, 0.05) is 36.3 Å². The van der Waals surface area contributed by atoms with E-state index in [9.17, 15) is 9.59 Å². The van der Waals surface area contributed by atoms with E-state index in [0.29, 0.717) is 23.9 Å². The summed E-state index contributed by atoms with van der Waals surface area (Å²) in [6.45, 7) is 10.2. The first-order valence-corrected chi connectivity index (χ1v) is 12.8. The molecule has 194 valence electrons. The Morgan fingerprint density at radius 2 is 1.89 bits per heavy atom. The van der Waals surface area contributed by atoms with Gasteiger partial charge in [-0.25, -0.2) is 9.78 Å². The number of nitrogens with one attached hydrogen (secondary N) is 2. The Balaban J connectivity index is 1.54. The zero-order valence-corrected chi connectivity index (χ0v) is 21.8. The molecule has 0 bridgehead atoms. The van der Waals surface area contributed by atoms with Crippen molar-refractivity contribution >= 4 is 23.8 Å². The van der Waals surface area contributed by atoms with Gasteiger partial charge < -0.3 is 20.1 Å². The zero-order chi connectivity index (χ0) is 25.9. The number of nitrogens with zero attached hydrogens (tertiary/aromatic N) is 3. The lowest BCUT2D eigenvalue weighted by molar-refractivity contribution is 0.0489. The van der Waals surface area contributed by atoms with Gasteiger partial charge in [0.2, 0.25) is 5.95 Å². The Morgan fingerprint density at radius 3 is 2.58 bits per heavy atom. The molecule has 1 aromatic heterocycles. The van der Waals surface area contributed by atoms with Crippen LogP contribution in [-0.4, -0.2) is 52.3 Å². The van der Waals surface area contributed by atoms with Crippen LogP contribution in [-0.2, 0) is 11.2 Å². The lowest BCUT2D eigenvalue weighted by atomic mass is 9.89. The molecule has 0 radical (unpaired) electrons. The van der Waals surface area contributed by atoms with Gasteiger partial charge >= 0.3 is 6.09 Å². The molecule has 1 aliphatic carbocycles. The molecule has 0 spiro atoms. The summed E-state index contributed by atoms with van der Waals surface area (Å²) in [5.74, 6) is 1.81. The lowest BCUT2D eigenvalue weighted by Gasteiger charge is -2.37. The Morgan fingerprint density at radius 1 is 1.14 bits per heavy atom. The van der Waals surface area contributed by atoms with Crippen molar-refractivity contribution in [2.45, 2.75) is 90.4 Å². The summed E-state index contributed by atoms with van der Waals surface area (Å²) in [7, 11) is 0. The summed E-state index contributed by atoms with van der Waals surface area (Å²) in [5.41, 5.74) is 1.13. The summed E-state index contributed by atoms with van der Waals surface area (Å²) >= 11 is 0. The van der Waals surface area contributed by atoms with Crippen LogP contribution in [0.15, 0.2) is 30.5 Å². The van der Waals surface area contributed by atoms with Crippen molar-refractivity contribution < 1.29 is 19.1 Å². The molecule has 2 aliphatic rings. The number of ether oxygens (including phenoxy) is 2. The van der Waals surface area contributed by atoms with E-state index in [1.165, 1.54) is 0 Å². The third-order valence-corrected chi connectivity index (χ3v) is 6.24. The maximum absolute atomic E-state index is 13.9. The Kier molecular flexibility index (Phi) is 7.66. The lowest BCUT2D eigenvalue weighted by Crippen LogP contribution is -2.47. The molecule has 1 saturated carbocycles. The van der Waals surface area contributed by atoms with Crippen molar-refractivity contribution in [3.8, 4) is 5.75 Å². The average molecular weight is 496 g/mol. The Bertz CT molecular complexity index is 1090. The van der Waals surface area contributed by atoms with Crippen LogP contribution in [0.5, 0.6) is 5.75 Å². The van der Waals surface area contributed by atoms with E-state index in [1.54, 1.807) is 17.2 Å². The van der Waals surface area contributed by atoms with Crippen molar-refractivity contribution in [1.82, 2.24) is 15.3 Å². The van der Waals surface area contributed by atoms with Gasteiger partial charge in [-0.1, -0.05) is 0 Å². The van der Waals surface area contributed by atoms with Crippen LogP contribution in [0.2, 0.25) is 0 Å². The minimum atomic E-state index is -0.542. The van der Waals surface area contributed by atoms with Crippen LogP contribution in [0.3, 0.4) is 0 Å². The number of hydrogen-bond donors (Lipinski definition) is 2. The molecular formula is C27H37N5O4. The number of anilines is 2. The number of hydrogen-bond acceptors (Lipinski definition) is 7. The molecule has 2 amide bonds. The molecule has 36 heavy (non-hydrogen) atoms. The molecular weight excluding hydrogens is 458 g/mol. The predicted molar refractivity (Wildman–Crippen MR) is 139 cm³/mol. The topological polar surface area (TPSA) is 106 Å². The van der Waals surface area contributed by atoms with E-state index in [2.05, 4.69) is 20.6 Å². The maximum Gasteiger partial charge on any atom is 0.407 e. The number of fused-ring (bicyclic) bond motifs is 1. The van der Waals surface area contributed by atoms with Gasteiger partial charge in [0.15, 0.2) is 0 Å². The highest BCUT2D eigenvalue weighted by Crippen LogP contribution is 2.31. The molecule has 0 saturated heterocycles. The standard InChI is InChI=1S/C27H37N5O4/c1-17(2)29-25-28-14-12-23(31-25)32(24(33)19-6-11-22-18(16-19)13-15-35-22)21-9-7-20(8-10-21)30-26(34)36-27(3,4)5/h6,11-12,14,16-17,20-21H,7-10,13,15H2,1-5H3,(H,30,34)(H,28,29,31). The van der Waals surface area contributed by atoms with Gasteiger partial charge in [0.05, 0.1) is 6.61 Å². The first-order valence-electron chi connectivity index (χ1n) is 12.8. The van der Waals surface area contributed by atoms with Gasteiger partial charge in [-0.05, 0) is 90.1 Å². The third kappa shape index (κ3) is 6.44. The van der Waals surface area contributed by atoms with Crippen LogP contribution in [0.25, 0.3) is 0 Å². The largest absolute Gasteiger partial charge is 0.493 e. The minimum Gasteiger partial charge on any atom is -0.493 e. The monoisotopic (exact) mass is 495 g/mol. The number of carbonyl (C=O) groups is 2. The molecule has 9 heteroatoms. The Labute approximate surface area is 213 Å². The summed E-state index contributed by atoms with van der Waals surface area (Å²) in [6.07, 6.45) is 5.03. The zero-order valence-electron chi connectivity index (χ0n) is 21.8. The first-order chi connectivity index (χ1) is 17.1. The van der Waals surface area contributed by atoms with Crippen molar-refractivity contribution in [3.63, 3.8) is 0 Å². The molecule has 0 atom stereocenters. The molecule has 1 aromatic carbocycles. The summed E-state index contributed by atoms with van der Waals surface area (Å²) in [5, 5.41) is 6.21. The predicted octanol–water partition coefficient (Wildman–Crippen LogP) is 4.71. The Hall–Kier alpha value is -3.36. The van der Waals surface area contributed by atoms with Crippen LogP contribution < -0.4 is 20.3 Å². The van der Waals surface area contributed by atoms with E-state index in [4.69, 9.17) is 9.47 Å². The number of aromatic nitrogens is 2. The molecule has 9 nitrogen and oxygen atoms in total. The molecule has 2 aromatic rings. The summed E-state index contributed by atoms with van der Waals surface area (Å²) in [6, 6.07) is 7.53. The highest BCUT2D eigenvalue weighted by atomic mass is 16.6. The second kappa shape index (κ2) is 10.7. The van der Waals surface area contributed by atoms with E-state index in [0.717, 1.165) is 43.4 Å². The van der Waals surface area contributed by atoms with E-state index in [-0.39, 0.29) is 24.0 Å². The number of amides is 2. The average Bonchev–Trinajstić information content (AvgIpc) is 3.27. The van der Waals surface area contributed by atoms with Gasteiger partial charge in [-0.2, -0.15) is 4.98 Å². The van der Waals surface area contributed by atoms with Gasteiger partial charge in [0.1, 0.15) is 17.2 Å². The molecule has 1 fully saturated rings. The maximum atomic E-state index is 13.9. The van der Waals surface area contributed by atoms with Crippen molar-refractivity contribution in [1.29, 1.82) is 0 Å². The number of alkyl carbamates (subject to hydrolysis) is 1. The number of benzene rings is 1. The van der Waals surface area contributed by atoms with E-state index < -0.39 is 11.7 Å². The third-order valence-electron chi connectivity index (χ3n) is 6.24. The molecule has 2 heterocycles.